The van der Waals surface area contributed by atoms with E-state index in [9.17, 15) is 0 Å². The largest absolute Gasteiger partial charge is 0.486 e. The Balaban J connectivity index is 1.87. The van der Waals surface area contributed by atoms with Crippen LogP contribution >= 0.6 is 11.6 Å². The summed E-state index contributed by atoms with van der Waals surface area (Å²) < 4.78 is 5.72. The van der Waals surface area contributed by atoms with Crippen LogP contribution in [0.4, 0.5) is 0 Å². The molecule has 1 heterocycles. The van der Waals surface area contributed by atoms with Crippen LogP contribution in [0.1, 0.15) is 11.4 Å². The summed E-state index contributed by atoms with van der Waals surface area (Å²) in [5.74, 6) is 0.656. The second-order valence-corrected chi connectivity index (χ2v) is 4.87. The molecule has 0 aliphatic heterocycles. The molecule has 3 nitrogen and oxygen atoms in total. The molecule has 4 heteroatoms. The number of halogens is 1. The van der Waals surface area contributed by atoms with E-state index >= 15 is 0 Å². The van der Waals surface area contributed by atoms with Crippen LogP contribution in [0.25, 0.3) is 11.0 Å². The van der Waals surface area contributed by atoms with Crippen molar-refractivity contribution in [2.45, 2.75) is 13.5 Å². The molecule has 0 atom stereocenters. The van der Waals surface area contributed by atoms with E-state index in [4.69, 9.17) is 16.3 Å². The first-order valence-corrected chi connectivity index (χ1v) is 6.71. The second kappa shape index (κ2) is 5.47. The van der Waals surface area contributed by atoms with E-state index < -0.39 is 0 Å². The van der Waals surface area contributed by atoms with Gasteiger partial charge in [0, 0.05) is 0 Å². The molecule has 0 aliphatic carbocycles. The van der Waals surface area contributed by atoms with E-state index in [1.165, 1.54) is 0 Å². The van der Waals surface area contributed by atoms with Crippen molar-refractivity contribution in [2.75, 3.05) is 0 Å². The Labute approximate surface area is 122 Å². The van der Waals surface area contributed by atoms with Crippen molar-refractivity contribution in [2.24, 2.45) is 0 Å². The van der Waals surface area contributed by atoms with Gasteiger partial charge in [-0.15, -0.1) is 0 Å². The fourth-order valence-corrected chi connectivity index (χ4v) is 2.16. The Kier molecular flexibility index (Phi) is 3.52. The van der Waals surface area contributed by atoms with Gasteiger partial charge >= 0.3 is 0 Å². The van der Waals surface area contributed by atoms with Gasteiger partial charge in [-0.2, -0.15) is 0 Å². The Morgan fingerprint density at radius 1 is 0.950 bits per heavy atom. The molecule has 0 unspecified atom stereocenters. The van der Waals surface area contributed by atoms with Crippen LogP contribution in [0, 0.1) is 6.92 Å². The van der Waals surface area contributed by atoms with Crippen LogP contribution in [0.5, 0.6) is 5.75 Å². The lowest BCUT2D eigenvalue weighted by atomic mass is 10.2. The molecular weight excluding hydrogens is 272 g/mol. The van der Waals surface area contributed by atoms with E-state index in [0.29, 0.717) is 17.4 Å². The number of benzene rings is 2. The number of hydrogen-bond acceptors (Lipinski definition) is 3. The average molecular weight is 285 g/mol. The first-order chi connectivity index (χ1) is 9.74. The summed E-state index contributed by atoms with van der Waals surface area (Å²) >= 11 is 6.06. The van der Waals surface area contributed by atoms with E-state index in [1.54, 1.807) is 6.07 Å². The lowest BCUT2D eigenvalue weighted by Crippen LogP contribution is -2.03. The highest BCUT2D eigenvalue weighted by Gasteiger charge is 2.07. The average Bonchev–Trinajstić information content (AvgIpc) is 2.46. The highest BCUT2D eigenvalue weighted by Crippen LogP contribution is 2.24. The van der Waals surface area contributed by atoms with Crippen LogP contribution < -0.4 is 4.74 Å². The van der Waals surface area contributed by atoms with Crippen LogP contribution in [0.3, 0.4) is 0 Å². The van der Waals surface area contributed by atoms with E-state index in [1.807, 2.05) is 49.4 Å². The number of rotatable bonds is 3. The topological polar surface area (TPSA) is 35.0 Å². The first-order valence-electron chi connectivity index (χ1n) is 6.33. The van der Waals surface area contributed by atoms with Crippen molar-refractivity contribution in [1.29, 1.82) is 0 Å². The minimum atomic E-state index is 0.355. The molecule has 2 aromatic carbocycles. The second-order valence-electron chi connectivity index (χ2n) is 4.46. The standard InChI is InChI=1S/C16H13ClN2O/c1-11-15(10-20-16-9-5-2-6-12(16)17)19-14-8-4-3-7-13(14)18-11/h2-9H,10H2,1H3. The molecule has 3 aromatic rings. The maximum absolute atomic E-state index is 6.06. The number of hydrogen-bond donors (Lipinski definition) is 0. The molecular formula is C16H13ClN2O. The molecule has 1 aromatic heterocycles. The third-order valence-electron chi connectivity index (χ3n) is 3.04. The van der Waals surface area contributed by atoms with Gasteiger partial charge in [-0.1, -0.05) is 35.9 Å². The number of fused-ring (bicyclic) bond motifs is 1. The van der Waals surface area contributed by atoms with Crippen molar-refractivity contribution in [1.82, 2.24) is 9.97 Å². The Hall–Kier alpha value is -2.13. The normalized spacial score (nSPS) is 10.7. The fourth-order valence-electron chi connectivity index (χ4n) is 1.97. The Morgan fingerprint density at radius 2 is 1.60 bits per heavy atom. The Bertz CT molecular complexity index is 758. The SMILES string of the molecule is Cc1nc2ccccc2nc1COc1ccccc1Cl. The summed E-state index contributed by atoms with van der Waals surface area (Å²) in [6.45, 7) is 2.29. The van der Waals surface area contributed by atoms with Gasteiger partial charge in [0.25, 0.3) is 0 Å². The molecule has 0 aliphatic rings. The number of para-hydroxylation sites is 3. The van der Waals surface area contributed by atoms with E-state index in [2.05, 4.69) is 9.97 Å². The van der Waals surface area contributed by atoms with Crippen molar-refractivity contribution in [3.8, 4) is 5.75 Å². The molecule has 0 N–H and O–H groups in total. The van der Waals surface area contributed by atoms with Crippen LogP contribution in [-0.2, 0) is 6.61 Å². The number of ether oxygens (including phenoxy) is 1. The van der Waals surface area contributed by atoms with E-state index in [0.717, 1.165) is 22.4 Å². The minimum Gasteiger partial charge on any atom is -0.486 e. The molecule has 20 heavy (non-hydrogen) atoms. The van der Waals surface area contributed by atoms with Crippen molar-refractivity contribution in [3.63, 3.8) is 0 Å². The molecule has 0 radical (unpaired) electrons. The van der Waals surface area contributed by atoms with Gasteiger partial charge in [0.05, 0.1) is 27.4 Å². The van der Waals surface area contributed by atoms with Gasteiger partial charge in [0.15, 0.2) is 0 Å². The molecule has 0 saturated heterocycles. The molecule has 3 rings (SSSR count). The maximum Gasteiger partial charge on any atom is 0.138 e. The molecule has 0 bridgehead atoms. The number of aryl methyl sites for hydroxylation is 1. The molecule has 100 valence electrons. The van der Waals surface area contributed by atoms with Crippen molar-refractivity contribution < 1.29 is 4.74 Å². The zero-order valence-electron chi connectivity index (χ0n) is 11.0. The molecule has 0 spiro atoms. The zero-order chi connectivity index (χ0) is 13.9. The fraction of sp³-hybridized carbons (Fsp3) is 0.125. The lowest BCUT2D eigenvalue weighted by Gasteiger charge is -2.09. The van der Waals surface area contributed by atoms with Crippen LogP contribution in [0.2, 0.25) is 5.02 Å². The highest BCUT2D eigenvalue weighted by atomic mass is 35.5. The van der Waals surface area contributed by atoms with Gasteiger partial charge in [0.1, 0.15) is 12.4 Å². The third kappa shape index (κ3) is 2.58. The van der Waals surface area contributed by atoms with Crippen molar-refractivity contribution in [3.05, 3.63) is 64.9 Å². The van der Waals surface area contributed by atoms with Crippen LogP contribution in [-0.4, -0.2) is 9.97 Å². The number of nitrogens with zero attached hydrogens (tertiary/aromatic N) is 2. The lowest BCUT2D eigenvalue weighted by molar-refractivity contribution is 0.300. The van der Waals surface area contributed by atoms with Gasteiger partial charge in [0.2, 0.25) is 0 Å². The number of aromatic nitrogens is 2. The summed E-state index contributed by atoms with van der Waals surface area (Å²) in [5.41, 5.74) is 3.46. The maximum atomic E-state index is 6.06. The predicted octanol–water partition coefficient (Wildman–Crippen LogP) is 4.17. The van der Waals surface area contributed by atoms with Gasteiger partial charge in [-0.25, -0.2) is 9.97 Å². The molecule has 0 fully saturated rings. The smallest absolute Gasteiger partial charge is 0.138 e. The minimum absolute atomic E-state index is 0.355. The summed E-state index contributed by atoms with van der Waals surface area (Å²) in [5, 5.41) is 0.596. The van der Waals surface area contributed by atoms with Gasteiger partial charge in [-0.05, 0) is 31.2 Å². The predicted molar refractivity (Wildman–Crippen MR) is 80.1 cm³/mol. The summed E-state index contributed by atoms with van der Waals surface area (Å²) in [6, 6.07) is 15.2. The quantitative estimate of drug-likeness (QED) is 0.724. The summed E-state index contributed by atoms with van der Waals surface area (Å²) in [6.07, 6.45) is 0. The summed E-state index contributed by atoms with van der Waals surface area (Å²) in [4.78, 5) is 9.12. The zero-order valence-corrected chi connectivity index (χ0v) is 11.8. The van der Waals surface area contributed by atoms with E-state index in [-0.39, 0.29) is 0 Å². The molecule has 0 amide bonds. The highest BCUT2D eigenvalue weighted by molar-refractivity contribution is 6.32. The summed E-state index contributed by atoms with van der Waals surface area (Å²) in [7, 11) is 0. The van der Waals surface area contributed by atoms with Gasteiger partial charge in [-0.3, -0.25) is 0 Å². The van der Waals surface area contributed by atoms with Crippen LogP contribution in [0.15, 0.2) is 48.5 Å². The Morgan fingerprint density at radius 3 is 2.35 bits per heavy atom. The van der Waals surface area contributed by atoms with Crippen molar-refractivity contribution >= 4 is 22.6 Å². The van der Waals surface area contributed by atoms with Gasteiger partial charge < -0.3 is 4.74 Å². The third-order valence-corrected chi connectivity index (χ3v) is 3.36. The molecule has 0 saturated carbocycles. The first kappa shape index (κ1) is 12.9. The monoisotopic (exact) mass is 284 g/mol.